The molecule has 20 heavy (non-hydrogen) atoms. The van der Waals surface area contributed by atoms with Crippen LogP contribution in [0.15, 0.2) is 53.0 Å². The number of nitrogens with zero attached hydrogens (tertiary/aromatic N) is 1. The van der Waals surface area contributed by atoms with Crippen molar-refractivity contribution in [3.05, 3.63) is 64.1 Å². The Morgan fingerprint density at radius 2 is 1.65 bits per heavy atom. The Kier molecular flexibility index (Phi) is 4.93. The summed E-state index contributed by atoms with van der Waals surface area (Å²) in [5.74, 6) is -0.0938. The Morgan fingerprint density at radius 3 is 2.20 bits per heavy atom. The van der Waals surface area contributed by atoms with Crippen LogP contribution in [0.3, 0.4) is 0 Å². The van der Waals surface area contributed by atoms with Crippen molar-refractivity contribution in [3.8, 4) is 0 Å². The van der Waals surface area contributed by atoms with Gasteiger partial charge in [0.2, 0.25) is 0 Å². The molecule has 2 aromatic carbocycles. The summed E-state index contributed by atoms with van der Waals surface area (Å²) in [5.41, 5.74) is 2.64. The monoisotopic (exact) mass is 332 g/mol. The zero-order valence-electron chi connectivity index (χ0n) is 11.6. The Labute approximate surface area is 127 Å². The molecule has 0 aliphatic heterocycles. The molecule has 1 amide bonds. The predicted octanol–water partition coefficient (Wildman–Crippen LogP) is 3.76. The molecule has 104 valence electrons. The fraction of sp³-hybridized carbons (Fsp3) is 0.188. The van der Waals surface area contributed by atoms with Crippen LogP contribution in [-0.4, -0.2) is 24.9 Å². The standard InChI is InChI=1S/C16H17BrN2O/c1-19(2)11-12-3-5-13(6-4-12)16(20)18-15-9-7-14(17)8-10-15/h3-10H,11H2,1-2H3,(H,18,20). The fourth-order valence-electron chi connectivity index (χ4n) is 1.86. The number of hydrogen-bond donors (Lipinski definition) is 1. The van der Waals surface area contributed by atoms with E-state index < -0.39 is 0 Å². The van der Waals surface area contributed by atoms with Crippen molar-refractivity contribution >= 4 is 27.5 Å². The Bertz CT molecular complexity index is 576. The van der Waals surface area contributed by atoms with E-state index in [1.165, 1.54) is 5.56 Å². The summed E-state index contributed by atoms with van der Waals surface area (Å²) in [7, 11) is 4.04. The third-order valence-corrected chi connectivity index (χ3v) is 3.35. The van der Waals surface area contributed by atoms with Crippen molar-refractivity contribution in [3.63, 3.8) is 0 Å². The summed E-state index contributed by atoms with van der Waals surface area (Å²) < 4.78 is 0.989. The largest absolute Gasteiger partial charge is 0.322 e. The summed E-state index contributed by atoms with van der Waals surface area (Å²) in [6.45, 7) is 0.870. The van der Waals surface area contributed by atoms with E-state index in [-0.39, 0.29) is 5.91 Å². The maximum absolute atomic E-state index is 12.1. The van der Waals surface area contributed by atoms with Gasteiger partial charge in [0.15, 0.2) is 0 Å². The molecule has 0 saturated carbocycles. The van der Waals surface area contributed by atoms with E-state index in [0.29, 0.717) is 5.56 Å². The molecular formula is C16H17BrN2O. The molecule has 2 rings (SSSR count). The molecule has 0 aliphatic rings. The predicted molar refractivity (Wildman–Crippen MR) is 85.9 cm³/mol. The number of nitrogens with one attached hydrogen (secondary N) is 1. The number of rotatable bonds is 4. The van der Waals surface area contributed by atoms with E-state index >= 15 is 0 Å². The van der Waals surface area contributed by atoms with Gasteiger partial charge in [-0.3, -0.25) is 4.79 Å². The third-order valence-electron chi connectivity index (χ3n) is 2.82. The molecular weight excluding hydrogens is 316 g/mol. The van der Waals surface area contributed by atoms with Gasteiger partial charge in [0.05, 0.1) is 0 Å². The van der Waals surface area contributed by atoms with Gasteiger partial charge in [0, 0.05) is 22.3 Å². The Morgan fingerprint density at radius 1 is 1.05 bits per heavy atom. The molecule has 0 aliphatic carbocycles. The average molecular weight is 333 g/mol. The quantitative estimate of drug-likeness (QED) is 0.924. The normalized spacial score (nSPS) is 10.6. The number of benzene rings is 2. The lowest BCUT2D eigenvalue weighted by Gasteiger charge is -2.10. The lowest BCUT2D eigenvalue weighted by Crippen LogP contribution is -2.13. The third kappa shape index (κ3) is 4.18. The van der Waals surface area contributed by atoms with Gasteiger partial charge in [-0.15, -0.1) is 0 Å². The van der Waals surface area contributed by atoms with Crippen LogP contribution in [0.4, 0.5) is 5.69 Å². The van der Waals surface area contributed by atoms with Crippen LogP contribution in [0.5, 0.6) is 0 Å². The molecule has 3 nitrogen and oxygen atoms in total. The van der Waals surface area contributed by atoms with Crippen LogP contribution >= 0.6 is 15.9 Å². The van der Waals surface area contributed by atoms with Crippen molar-refractivity contribution in [2.24, 2.45) is 0 Å². The van der Waals surface area contributed by atoms with Gasteiger partial charge < -0.3 is 10.2 Å². The highest BCUT2D eigenvalue weighted by Gasteiger charge is 2.06. The number of amides is 1. The zero-order valence-corrected chi connectivity index (χ0v) is 13.1. The van der Waals surface area contributed by atoms with Gasteiger partial charge in [0.1, 0.15) is 0 Å². The van der Waals surface area contributed by atoms with E-state index in [9.17, 15) is 4.79 Å². The van der Waals surface area contributed by atoms with Gasteiger partial charge in [-0.1, -0.05) is 28.1 Å². The lowest BCUT2D eigenvalue weighted by atomic mass is 10.1. The topological polar surface area (TPSA) is 32.3 Å². The number of halogens is 1. The number of hydrogen-bond acceptors (Lipinski definition) is 2. The second-order valence-electron chi connectivity index (χ2n) is 4.90. The van der Waals surface area contributed by atoms with Gasteiger partial charge in [-0.25, -0.2) is 0 Å². The molecule has 1 N–H and O–H groups in total. The van der Waals surface area contributed by atoms with Crippen LogP contribution in [0, 0.1) is 0 Å². The van der Waals surface area contributed by atoms with E-state index in [1.54, 1.807) is 0 Å². The summed E-state index contributed by atoms with van der Waals surface area (Å²) in [5, 5.41) is 2.88. The van der Waals surface area contributed by atoms with Crippen molar-refractivity contribution in [1.29, 1.82) is 0 Å². The second-order valence-corrected chi connectivity index (χ2v) is 5.81. The summed E-state index contributed by atoms with van der Waals surface area (Å²) in [6.07, 6.45) is 0. The van der Waals surface area contributed by atoms with Crippen LogP contribution < -0.4 is 5.32 Å². The van der Waals surface area contributed by atoms with E-state index in [0.717, 1.165) is 16.7 Å². The highest BCUT2D eigenvalue weighted by atomic mass is 79.9. The summed E-state index contributed by atoms with van der Waals surface area (Å²) in [4.78, 5) is 14.2. The molecule has 0 radical (unpaired) electrons. The zero-order chi connectivity index (χ0) is 14.5. The number of carbonyl (C=O) groups is 1. The first-order valence-corrected chi connectivity index (χ1v) is 7.14. The van der Waals surface area contributed by atoms with Crippen LogP contribution in [0.1, 0.15) is 15.9 Å². The number of carbonyl (C=O) groups excluding carboxylic acids is 1. The van der Waals surface area contributed by atoms with Crippen molar-refractivity contribution in [1.82, 2.24) is 4.90 Å². The molecule has 0 heterocycles. The van der Waals surface area contributed by atoms with Crippen LogP contribution in [0.25, 0.3) is 0 Å². The second kappa shape index (κ2) is 6.68. The minimum absolute atomic E-state index is 0.0938. The Balaban J connectivity index is 2.03. The molecule has 2 aromatic rings. The first kappa shape index (κ1) is 14.8. The first-order valence-electron chi connectivity index (χ1n) is 6.35. The maximum atomic E-state index is 12.1. The molecule has 0 bridgehead atoms. The maximum Gasteiger partial charge on any atom is 0.255 e. The average Bonchev–Trinajstić information content (AvgIpc) is 2.41. The van der Waals surface area contributed by atoms with Crippen LogP contribution in [-0.2, 0) is 6.54 Å². The molecule has 0 spiro atoms. The molecule has 0 aromatic heterocycles. The van der Waals surface area contributed by atoms with Crippen molar-refractivity contribution < 1.29 is 4.79 Å². The molecule has 0 atom stereocenters. The summed E-state index contributed by atoms with van der Waals surface area (Å²) >= 11 is 3.37. The van der Waals surface area contributed by atoms with Crippen LogP contribution in [0.2, 0.25) is 0 Å². The van der Waals surface area contributed by atoms with Gasteiger partial charge in [-0.2, -0.15) is 0 Å². The van der Waals surface area contributed by atoms with E-state index in [2.05, 4.69) is 26.1 Å². The van der Waals surface area contributed by atoms with Crippen molar-refractivity contribution in [2.45, 2.75) is 6.54 Å². The number of anilines is 1. The molecule has 4 heteroatoms. The molecule has 0 fully saturated rings. The van der Waals surface area contributed by atoms with E-state index in [4.69, 9.17) is 0 Å². The first-order chi connectivity index (χ1) is 9.54. The summed E-state index contributed by atoms with van der Waals surface area (Å²) in [6, 6.07) is 15.2. The Hall–Kier alpha value is -1.65. The van der Waals surface area contributed by atoms with Gasteiger partial charge >= 0.3 is 0 Å². The molecule has 0 saturated heterocycles. The fourth-order valence-corrected chi connectivity index (χ4v) is 2.13. The minimum Gasteiger partial charge on any atom is -0.322 e. The van der Waals surface area contributed by atoms with Gasteiger partial charge in [0.25, 0.3) is 5.91 Å². The smallest absolute Gasteiger partial charge is 0.255 e. The molecule has 0 unspecified atom stereocenters. The van der Waals surface area contributed by atoms with Crippen molar-refractivity contribution in [2.75, 3.05) is 19.4 Å². The lowest BCUT2D eigenvalue weighted by molar-refractivity contribution is 0.102. The van der Waals surface area contributed by atoms with E-state index in [1.807, 2.05) is 62.6 Å². The SMILES string of the molecule is CN(C)Cc1ccc(C(=O)Nc2ccc(Br)cc2)cc1. The highest BCUT2D eigenvalue weighted by molar-refractivity contribution is 9.10. The van der Waals surface area contributed by atoms with Gasteiger partial charge in [-0.05, 0) is 56.1 Å². The minimum atomic E-state index is -0.0938. The highest BCUT2D eigenvalue weighted by Crippen LogP contribution is 2.15.